The van der Waals surface area contributed by atoms with E-state index in [-0.39, 0.29) is 5.56 Å². The third kappa shape index (κ3) is 3.55. The van der Waals surface area contributed by atoms with Gasteiger partial charge in [0.2, 0.25) is 0 Å². The Hall–Kier alpha value is -1.03. The molecule has 0 bridgehead atoms. The van der Waals surface area contributed by atoms with E-state index in [0.717, 1.165) is 16.5 Å². The molecule has 15 heavy (non-hydrogen) atoms. The molecular formula is C11H16N2OS. The Morgan fingerprint density at radius 2 is 2.33 bits per heavy atom. The molecule has 0 unspecified atom stereocenters. The van der Waals surface area contributed by atoms with Gasteiger partial charge in [0, 0.05) is 24.1 Å². The number of hydrogen-bond acceptors (Lipinski definition) is 3. The number of rotatable bonds is 4. The zero-order valence-electron chi connectivity index (χ0n) is 9.36. The maximum absolute atomic E-state index is 11.1. The Labute approximate surface area is 94.2 Å². The summed E-state index contributed by atoms with van der Waals surface area (Å²) in [5.41, 5.74) is 0.893. The highest BCUT2D eigenvalue weighted by Crippen LogP contribution is 2.19. The second-order valence-electron chi connectivity index (χ2n) is 3.80. The summed E-state index contributed by atoms with van der Waals surface area (Å²) in [7, 11) is 0. The molecule has 0 atom stereocenters. The molecule has 0 amide bonds. The molecule has 1 heterocycles. The number of nitrogens with zero attached hydrogens (tertiary/aromatic N) is 2. The first-order valence-electron chi connectivity index (χ1n) is 4.87. The van der Waals surface area contributed by atoms with Crippen molar-refractivity contribution < 1.29 is 0 Å². The van der Waals surface area contributed by atoms with Crippen LogP contribution in [0.3, 0.4) is 0 Å². The minimum atomic E-state index is -0.184. The van der Waals surface area contributed by atoms with Crippen LogP contribution in [-0.4, -0.2) is 15.3 Å². The van der Waals surface area contributed by atoms with Crippen molar-refractivity contribution in [1.82, 2.24) is 9.55 Å². The molecule has 1 rings (SSSR count). The van der Waals surface area contributed by atoms with Crippen LogP contribution in [0.4, 0.5) is 0 Å². The lowest BCUT2D eigenvalue weighted by atomic mass is 10.4. The lowest BCUT2D eigenvalue weighted by Crippen LogP contribution is -2.14. The Morgan fingerprint density at radius 1 is 1.67 bits per heavy atom. The molecule has 0 aliphatic rings. The van der Waals surface area contributed by atoms with Crippen LogP contribution in [0.1, 0.15) is 26.8 Å². The molecule has 4 heteroatoms. The minimum absolute atomic E-state index is 0.184. The summed E-state index contributed by atoms with van der Waals surface area (Å²) >= 11 is 1.55. The van der Waals surface area contributed by atoms with E-state index in [4.69, 9.17) is 0 Å². The molecule has 0 aliphatic heterocycles. The molecule has 82 valence electrons. The Morgan fingerprint density at radius 3 is 2.87 bits per heavy atom. The van der Waals surface area contributed by atoms with Gasteiger partial charge >= 0.3 is 0 Å². The van der Waals surface area contributed by atoms with E-state index in [1.54, 1.807) is 18.0 Å². The summed E-state index contributed by atoms with van der Waals surface area (Å²) in [6.07, 6.45) is 1.79. The minimum Gasteiger partial charge on any atom is -0.325 e. The van der Waals surface area contributed by atoms with Crippen LogP contribution < -0.4 is 5.56 Å². The van der Waals surface area contributed by atoms with Gasteiger partial charge in [-0.15, -0.1) is 0 Å². The van der Waals surface area contributed by atoms with Gasteiger partial charge in [-0.2, -0.15) is 4.98 Å². The van der Waals surface area contributed by atoms with Gasteiger partial charge in [0.1, 0.15) is 0 Å². The molecule has 1 aromatic rings. The quantitative estimate of drug-likeness (QED) is 0.448. The van der Waals surface area contributed by atoms with Crippen LogP contribution >= 0.6 is 11.8 Å². The summed E-state index contributed by atoms with van der Waals surface area (Å²) in [6, 6.07) is 1.80. The largest absolute Gasteiger partial charge is 0.325 e. The summed E-state index contributed by atoms with van der Waals surface area (Å²) in [6.45, 7) is 9.93. The fourth-order valence-corrected chi connectivity index (χ4v) is 2.04. The topological polar surface area (TPSA) is 34.9 Å². The van der Waals surface area contributed by atoms with Crippen LogP contribution in [0.25, 0.3) is 0 Å². The number of thioether (sulfide) groups is 1. The van der Waals surface area contributed by atoms with E-state index in [9.17, 15) is 4.79 Å². The van der Waals surface area contributed by atoms with Crippen molar-refractivity contribution in [1.29, 1.82) is 0 Å². The van der Waals surface area contributed by atoms with Crippen molar-refractivity contribution in [2.75, 3.05) is 5.75 Å². The molecule has 0 saturated heterocycles. The van der Waals surface area contributed by atoms with Gasteiger partial charge < -0.3 is 4.57 Å². The van der Waals surface area contributed by atoms with Crippen molar-refractivity contribution in [2.24, 2.45) is 0 Å². The van der Waals surface area contributed by atoms with Crippen molar-refractivity contribution in [3.8, 4) is 0 Å². The highest BCUT2D eigenvalue weighted by molar-refractivity contribution is 7.99. The first-order valence-corrected chi connectivity index (χ1v) is 5.85. The first kappa shape index (κ1) is 12.0. The smallest absolute Gasteiger partial charge is 0.273 e. The lowest BCUT2D eigenvalue weighted by Gasteiger charge is -2.14. The van der Waals surface area contributed by atoms with Crippen molar-refractivity contribution in [2.45, 2.75) is 32.0 Å². The molecule has 0 spiro atoms. The summed E-state index contributed by atoms with van der Waals surface area (Å²) in [4.78, 5) is 15.1. The van der Waals surface area contributed by atoms with Crippen LogP contribution in [0.5, 0.6) is 0 Å². The van der Waals surface area contributed by atoms with Gasteiger partial charge in [-0.25, -0.2) is 0 Å². The monoisotopic (exact) mass is 224 g/mol. The third-order valence-corrected chi connectivity index (χ3v) is 3.01. The van der Waals surface area contributed by atoms with E-state index in [1.807, 2.05) is 11.5 Å². The third-order valence-electron chi connectivity index (χ3n) is 1.81. The van der Waals surface area contributed by atoms with E-state index in [2.05, 4.69) is 25.4 Å². The van der Waals surface area contributed by atoms with Gasteiger partial charge in [-0.1, -0.05) is 23.9 Å². The second kappa shape index (κ2) is 5.16. The number of aromatic nitrogens is 2. The molecule has 0 aromatic carbocycles. The van der Waals surface area contributed by atoms with Crippen LogP contribution in [0, 0.1) is 0 Å². The standard InChI is InChI=1S/C11H16N2OS/c1-8(2)7-15-11-12-10(14)5-6-13(11)9(3)4/h5-6,9H,1,7H2,2-4H3. The summed E-state index contributed by atoms with van der Waals surface area (Å²) < 4.78 is 2.00. The zero-order chi connectivity index (χ0) is 11.4. The lowest BCUT2D eigenvalue weighted by molar-refractivity contribution is 0.526. The average Bonchev–Trinajstić information content (AvgIpc) is 2.14. The molecule has 0 aliphatic carbocycles. The van der Waals surface area contributed by atoms with E-state index in [1.165, 1.54) is 6.07 Å². The summed E-state index contributed by atoms with van der Waals surface area (Å²) in [5.74, 6) is 0.795. The predicted octanol–water partition coefficient (Wildman–Crippen LogP) is 2.49. The van der Waals surface area contributed by atoms with Crippen LogP contribution in [-0.2, 0) is 0 Å². The van der Waals surface area contributed by atoms with Gasteiger partial charge in [0.15, 0.2) is 5.16 Å². The maximum atomic E-state index is 11.1. The number of hydrogen-bond donors (Lipinski definition) is 0. The molecule has 0 saturated carbocycles. The highest BCUT2D eigenvalue weighted by atomic mass is 32.2. The van der Waals surface area contributed by atoms with Gasteiger partial charge in [-0.05, 0) is 20.8 Å². The van der Waals surface area contributed by atoms with Crippen LogP contribution in [0.2, 0.25) is 0 Å². The first-order chi connectivity index (χ1) is 7.00. The van der Waals surface area contributed by atoms with Gasteiger partial charge in [0.25, 0.3) is 5.56 Å². The molecule has 0 radical (unpaired) electrons. The van der Waals surface area contributed by atoms with Gasteiger partial charge in [0.05, 0.1) is 0 Å². The zero-order valence-corrected chi connectivity index (χ0v) is 10.2. The van der Waals surface area contributed by atoms with Gasteiger partial charge in [-0.3, -0.25) is 4.79 Å². The average molecular weight is 224 g/mol. The van der Waals surface area contributed by atoms with Crippen molar-refractivity contribution in [3.05, 3.63) is 34.8 Å². The van der Waals surface area contributed by atoms with Crippen LogP contribution in [0.15, 0.2) is 34.4 Å². The van der Waals surface area contributed by atoms with Crippen molar-refractivity contribution in [3.63, 3.8) is 0 Å². The van der Waals surface area contributed by atoms with E-state index >= 15 is 0 Å². The maximum Gasteiger partial charge on any atom is 0.273 e. The molecule has 0 N–H and O–H groups in total. The molecule has 1 aromatic heterocycles. The normalized spacial score (nSPS) is 10.7. The molecular weight excluding hydrogens is 208 g/mol. The Balaban J connectivity index is 2.97. The fourth-order valence-electron chi connectivity index (χ4n) is 1.08. The highest BCUT2D eigenvalue weighted by Gasteiger charge is 2.06. The predicted molar refractivity (Wildman–Crippen MR) is 64.4 cm³/mol. The van der Waals surface area contributed by atoms with Crippen molar-refractivity contribution >= 4 is 11.8 Å². The summed E-state index contributed by atoms with van der Waals surface area (Å²) in [5, 5.41) is 0.764. The Kier molecular flexibility index (Phi) is 4.15. The molecule has 3 nitrogen and oxygen atoms in total. The van der Waals surface area contributed by atoms with E-state index in [0.29, 0.717) is 6.04 Å². The van der Waals surface area contributed by atoms with E-state index < -0.39 is 0 Å². The Bertz CT molecular complexity index is 409. The second-order valence-corrected chi connectivity index (χ2v) is 4.74. The fraction of sp³-hybridized carbons (Fsp3) is 0.455. The molecule has 0 fully saturated rings. The SMILES string of the molecule is C=C(C)CSc1nc(=O)ccn1C(C)C.